The van der Waals surface area contributed by atoms with Crippen LogP contribution in [0.15, 0.2) is 24.3 Å². The minimum absolute atomic E-state index is 0.0949. The number of rotatable bonds is 5. The molecule has 118 valence electrons. The molecule has 0 aliphatic rings. The molecule has 0 aromatic heterocycles. The van der Waals surface area contributed by atoms with Crippen molar-refractivity contribution in [2.45, 2.75) is 65.5 Å². The normalized spacial score (nSPS) is 12.7. The van der Waals surface area contributed by atoms with Crippen molar-refractivity contribution < 1.29 is 14.4 Å². The zero-order valence-electron chi connectivity index (χ0n) is 13.7. The molecule has 0 saturated carbocycles. The predicted octanol–water partition coefficient (Wildman–Crippen LogP) is 4.09. The van der Waals surface area contributed by atoms with Gasteiger partial charge in [-0.15, -0.1) is 0 Å². The van der Waals surface area contributed by atoms with Gasteiger partial charge < -0.3 is 9.47 Å². The van der Waals surface area contributed by atoms with Crippen molar-refractivity contribution in [3.8, 4) is 0 Å². The average Bonchev–Trinajstić information content (AvgIpc) is 2.24. The van der Waals surface area contributed by atoms with Crippen molar-refractivity contribution in [2.75, 3.05) is 0 Å². The number of hydrogen-bond acceptors (Lipinski definition) is 4. The largest absolute Gasteiger partial charge is 0.347 e. The van der Waals surface area contributed by atoms with Crippen LogP contribution >= 0.6 is 0 Å². The van der Waals surface area contributed by atoms with Gasteiger partial charge in [-0.05, 0) is 41.5 Å². The molecule has 1 aromatic rings. The van der Waals surface area contributed by atoms with Gasteiger partial charge in [0.1, 0.15) is 0 Å². The summed E-state index contributed by atoms with van der Waals surface area (Å²) in [7, 11) is 0. The van der Waals surface area contributed by atoms with Crippen molar-refractivity contribution in [2.24, 2.45) is 0 Å². The molecule has 0 spiro atoms. The Hall–Kier alpha value is -1.46. The maximum Gasteiger partial charge on any atom is 0.272 e. The Morgan fingerprint density at radius 1 is 1.05 bits per heavy atom. The van der Waals surface area contributed by atoms with Crippen molar-refractivity contribution >= 4 is 5.69 Å². The van der Waals surface area contributed by atoms with Crippen LogP contribution in [0.1, 0.15) is 47.1 Å². The molecule has 0 saturated heterocycles. The average molecular weight is 295 g/mol. The Balaban J connectivity index is 2.98. The summed E-state index contributed by atoms with van der Waals surface area (Å²) in [5, 5.41) is 11.1. The lowest BCUT2D eigenvalue weighted by molar-refractivity contribution is -0.386. The molecule has 0 atom stereocenters. The fraction of sp³-hybridized carbons (Fsp3) is 0.625. The minimum Gasteiger partial charge on any atom is -0.347 e. The van der Waals surface area contributed by atoms with E-state index < -0.39 is 6.29 Å². The van der Waals surface area contributed by atoms with Crippen molar-refractivity contribution in [3.05, 3.63) is 39.9 Å². The molecule has 0 radical (unpaired) electrons. The van der Waals surface area contributed by atoms with Gasteiger partial charge in [0.15, 0.2) is 6.29 Å². The molecular weight excluding hydrogens is 270 g/mol. The molecular formula is C16H25NO4. The van der Waals surface area contributed by atoms with E-state index >= 15 is 0 Å². The number of hydrogen-bond donors (Lipinski definition) is 0. The third-order valence-corrected chi connectivity index (χ3v) is 2.54. The monoisotopic (exact) mass is 295 g/mol. The second-order valence-electron chi connectivity index (χ2n) is 6.98. The number of nitrogens with zero attached hydrogens (tertiary/aromatic N) is 1. The SMILES string of the molecule is CC(C)(C)OC(Cc1ccccc1[N+](=O)[O-])OC(C)(C)C. The first-order valence-electron chi connectivity index (χ1n) is 7.06. The third-order valence-electron chi connectivity index (χ3n) is 2.54. The van der Waals surface area contributed by atoms with Gasteiger partial charge in [-0.1, -0.05) is 18.2 Å². The van der Waals surface area contributed by atoms with Crippen LogP contribution in [0.5, 0.6) is 0 Å². The van der Waals surface area contributed by atoms with Crippen LogP contribution in [-0.4, -0.2) is 22.4 Å². The second kappa shape index (κ2) is 6.54. The first-order valence-corrected chi connectivity index (χ1v) is 7.06. The highest BCUT2D eigenvalue weighted by molar-refractivity contribution is 5.40. The Labute approximate surface area is 126 Å². The van der Waals surface area contributed by atoms with Gasteiger partial charge in [0.25, 0.3) is 5.69 Å². The van der Waals surface area contributed by atoms with Crippen molar-refractivity contribution in [3.63, 3.8) is 0 Å². The summed E-state index contributed by atoms with van der Waals surface area (Å²) >= 11 is 0. The molecule has 21 heavy (non-hydrogen) atoms. The lowest BCUT2D eigenvalue weighted by Crippen LogP contribution is -2.36. The van der Waals surface area contributed by atoms with Crippen LogP contribution in [0.4, 0.5) is 5.69 Å². The fourth-order valence-electron chi connectivity index (χ4n) is 1.94. The van der Waals surface area contributed by atoms with Crippen LogP contribution in [0.2, 0.25) is 0 Å². The summed E-state index contributed by atoms with van der Waals surface area (Å²) in [6.07, 6.45) is -0.197. The molecule has 0 bridgehead atoms. The lowest BCUT2D eigenvalue weighted by Gasteiger charge is -2.32. The smallest absolute Gasteiger partial charge is 0.272 e. The van der Waals surface area contributed by atoms with Gasteiger partial charge in [0.2, 0.25) is 0 Å². The van der Waals surface area contributed by atoms with E-state index in [4.69, 9.17) is 9.47 Å². The molecule has 0 unspecified atom stereocenters. The number of nitro benzene ring substituents is 1. The first kappa shape index (κ1) is 17.6. The van der Waals surface area contributed by atoms with E-state index in [0.29, 0.717) is 12.0 Å². The summed E-state index contributed by atoms with van der Waals surface area (Å²) in [5.41, 5.74) is -0.0719. The van der Waals surface area contributed by atoms with Crippen LogP contribution in [0, 0.1) is 10.1 Å². The molecule has 5 nitrogen and oxygen atoms in total. The topological polar surface area (TPSA) is 61.6 Å². The molecule has 1 rings (SSSR count). The standard InChI is InChI=1S/C16H25NO4/c1-15(2,3)20-14(21-16(4,5)6)11-12-9-7-8-10-13(12)17(18)19/h7-10,14H,11H2,1-6H3. The van der Waals surface area contributed by atoms with Gasteiger partial charge in [-0.3, -0.25) is 10.1 Å². The van der Waals surface area contributed by atoms with E-state index in [2.05, 4.69) is 0 Å². The minimum atomic E-state index is -0.536. The molecule has 0 N–H and O–H groups in total. The summed E-state index contributed by atoms with van der Waals surface area (Å²) in [5.74, 6) is 0. The van der Waals surface area contributed by atoms with Crippen LogP contribution in [0.3, 0.4) is 0 Å². The first-order chi connectivity index (χ1) is 9.48. The molecule has 1 aromatic carbocycles. The Morgan fingerprint density at radius 3 is 1.95 bits per heavy atom. The second-order valence-corrected chi connectivity index (χ2v) is 6.98. The molecule has 0 fully saturated rings. The van der Waals surface area contributed by atoms with Gasteiger partial charge in [-0.25, -0.2) is 0 Å². The Bertz CT molecular complexity index is 470. The highest BCUT2D eigenvalue weighted by atomic mass is 16.7. The fourth-order valence-corrected chi connectivity index (χ4v) is 1.94. The number of benzene rings is 1. The molecule has 0 heterocycles. The van der Waals surface area contributed by atoms with E-state index in [9.17, 15) is 10.1 Å². The Kier molecular flexibility index (Phi) is 5.48. The summed E-state index contributed by atoms with van der Waals surface area (Å²) in [6, 6.07) is 6.68. The maximum absolute atomic E-state index is 11.1. The number of ether oxygens (including phenoxy) is 2. The van der Waals surface area contributed by atoms with E-state index in [1.807, 2.05) is 41.5 Å². The zero-order chi connectivity index (χ0) is 16.3. The van der Waals surface area contributed by atoms with Crippen LogP contribution in [-0.2, 0) is 15.9 Å². The quantitative estimate of drug-likeness (QED) is 0.466. The van der Waals surface area contributed by atoms with Crippen molar-refractivity contribution in [1.82, 2.24) is 0 Å². The van der Waals surface area contributed by atoms with E-state index in [0.717, 1.165) is 0 Å². The van der Waals surface area contributed by atoms with Gasteiger partial charge >= 0.3 is 0 Å². The third kappa shape index (κ3) is 6.69. The van der Waals surface area contributed by atoms with Crippen molar-refractivity contribution in [1.29, 1.82) is 0 Å². The van der Waals surface area contributed by atoms with Gasteiger partial charge in [-0.2, -0.15) is 0 Å². The van der Waals surface area contributed by atoms with Crippen LogP contribution < -0.4 is 0 Å². The van der Waals surface area contributed by atoms with Gasteiger partial charge in [0, 0.05) is 18.1 Å². The molecule has 0 aliphatic carbocycles. The lowest BCUT2D eigenvalue weighted by atomic mass is 10.1. The molecule has 5 heteroatoms. The van der Waals surface area contributed by atoms with E-state index in [-0.39, 0.29) is 21.8 Å². The van der Waals surface area contributed by atoms with E-state index in [1.165, 1.54) is 6.07 Å². The summed E-state index contributed by atoms with van der Waals surface area (Å²) < 4.78 is 11.8. The zero-order valence-corrected chi connectivity index (χ0v) is 13.7. The highest BCUT2D eigenvalue weighted by Gasteiger charge is 2.27. The van der Waals surface area contributed by atoms with Crippen LogP contribution in [0.25, 0.3) is 0 Å². The molecule has 0 aliphatic heterocycles. The molecule has 0 amide bonds. The maximum atomic E-state index is 11.1. The number of nitro groups is 1. The predicted molar refractivity (Wildman–Crippen MR) is 82.3 cm³/mol. The Morgan fingerprint density at radius 2 is 1.52 bits per heavy atom. The summed E-state index contributed by atoms with van der Waals surface area (Å²) in [4.78, 5) is 10.7. The summed E-state index contributed by atoms with van der Waals surface area (Å²) in [6.45, 7) is 11.6. The number of para-hydroxylation sites is 1. The van der Waals surface area contributed by atoms with Gasteiger partial charge in [0.05, 0.1) is 16.1 Å². The highest BCUT2D eigenvalue weighted by Crippen LogP contribution is 2.25. The van der Waals surface area contributed by atoms with E-state index in [1.54, 1.807) is 18.2 Å².